The first-order valence-corrected chi connectivity index (χ1v) is 7.91. The van der Waals surface area contributed by atoms with E-state index in [9.17, 15) is 8.42 Å². The highest BCUT2D eigenvalue weighted by molar-refractivity contribution is 7.92. The molecule has 0 aromatic heterocycles. The number of nitrogens with one attached hydrogen (secondary N) is 1. The van der Waals surface area contributed by atoms with E-state index in [1.54, 1.807) is 31.2 Å². The molecule has 2 N–H and O–H groups in total. The monoisotopic (exact) mass is 300 g/mol. The lowest BCUT2D eigenvalue weighted by molar-refractivity contribution is 0.0913. The average molecular weight is 300 g/mol. The summed E-state index contributed by atoms with van der Waals surface area (Å²) in [4.78, 5) is 0. The number of benzene rings is 1. The van der Waals surface area contributed by atoms with Crippen LogP contribution in [0.3, 0.4) is 0 Å². The van der Waals surface area contributed by atoms with E-state index in [0.717, 1.165) is 0 Å². The van der Waals surface area contributed by atoms with Crippen molar-refractivity contribution < 1.29 is 18.4 Å². The predicted molar refractivity (Wildman–Crippen MR) is 78.9 cm³/mol. The second-order valence-corrected chi connectivity index (χ2v) is 6.41. The topological polar surface area (TPSA) is 88.0 Å². The van der Waals surface area contributed by atoms with Gasteiger partial charge < -0.3 is 9.94 Å². The molecule has 0 amide bonds. The third-order valence-electron chi connectivity index (χ3n) is 2.54. The van der Waals surface area contributed by atoms with Crippen LogP contribution in [0.4, 0.5) is 5.69 Å². The van der Waals surface area contributed by atoms with Gasteiger partial charge in [-0.15, -0.1) is 0 Å². The third kappa shape index (κ3) is 5.18. The summed E-state index contributed by atoms with van der Waals surface area (Å²) in [6, 6.07) is 6.74. The zero-order chi connectivity index (χ0) is 15.2. The summed E-state index contributed by atoms with van der Waals surface area (Å²) in [7, 11) is -3.51. The lowest BCUT2D eigenvalue weighted by Gasteiger charge is -2.12. The molecule has 112 valence electrons. The first-order valence-electron chi connectivity index (χ1n) is 6.26. The summed E-state index contributed by atoms with van der Waals surface area (Å²) in [5.41, 5.74) is 1.25. The Morgan fingerprint density at radius 3 is 2.65 bits per heavy atom. The highest BCUT2D eigenvalue weighted by atomic mass is 32.2. The molecule has 6 nitrogen and oxygen atoms in total. The minimum atomic E-state index is -3.51. The van der Waals surface area contributed by atoms with Gasteiger partial charge in [0.2, 0.25) is 10.0 Å². The Kier molecular flexibility index (Phi) is 5.97. The molecule has 7 heteroatoms. The predicted octanol–water partition coefficient (Wildman–Crippen LogP) is 2.05. The molecule has 20 heavy (non-hydrogen) atoms. The summed E-state index contributed by atoms with van der Waals surface area (Å²) < 4.78 is 31.6. The summed E-state index contributed by atoms with van der Waals surface area (Å²) in [5.74, 6) is -0.130. The van der Waals surface area contributed by atoms with Crippen LogP contribution in [0.15, 0.2) is 29.4 Å². The van der Waals surface area contributed by atoms with E-state index in [-0.39, 0.29) is 18.5 Å². The molecule has 0 heterocycles. The standard InChI is InChI=1S/C13H20N2O4S/c1-10(2)19-8-9-20(17,18)15-13-7-5-4-6-12(13)11(3)14-16/h4-7,10,15-16H,8-9H2,1-3H3. The molecule has 1 aromatic carbocycles. The van der Waals surface area contributed by atoms with E-state index in [0.29, 0.717) is 17.0 Å². The number of sulfonamides is 1. The molecule has 0 aliphatic carbocycles. The van der Waals surface area contributed by atoms with Gasteiger partial charge in [-0.25, -0.2) is 8.42 Å². The van der Waals surface area contributed by atoms with Crippen LogP contribution in [-0.4, -0.2) is 37.8 Å². The van der Waals surface area contributed by atoms with Gasteiger partial charge in [0.15, 0.2) is 0 Å². The molecule has 1 aromatic rings. The third-order valence-corrected chi connectivity index (χ3v) is 3.77. The van der Waals surface area contributed by atoms with Crippen LogP contribution in [0.25, 0.3) is 0 Å². The van der Waals surface area contributed by atoms with Crippen molar-refractivity contribution in [3.8, 4) is 0 Å². The highest BCUT2D eigenvalue weighted by Gasteiger charge is 2.14. The fourth-order valence-corrected chi connectivity index (χ4v) is 2.48. The Bertz CT molecular complexity index is 567. The van der Waals surface area contributed by atoms with Gasteiger partial charge in [-0.2, -0.15) is 0 Å². The van der Waals surface area contributed by atoms with Crippen molar-refractivity contribution in [3.63, 3.8) is 0 Å². The molecule has 0 aliphatic heterocycles. The lowest BCUT2D eigenvalue weighted by atomic mass is 10.1. The lowest BCUT2D eigenvalue weighted by Crippen LogP contribution is -2.22. The molecule has 0 spiro atoms. The first kappa shape index (κ1) is 16.5. The Hall–Kier alpha value is -1.60. The van der Waals surface area contributed by atoms with E-state index in [1.807, 2.05) is 13.8 Å². The molecule has 0 atom stereocenters. The van der Waals surface area contributed by atoms with Crippen LogP contribution in [-0.2, 0) is 14.8 Å². The maximum absolute atomic E-state index is 12.0. The Morgan fingerprint density at radius 1 is 1.40 bits per heavy atom. The van der Waals surface area contributed by atoms with Gasteiger partial charge in [0.25, 0.3) is 0 Å². The van der Waals surface area contributed by atoms with Crippen molar-refractivity contribution in [2.45, 2.75) is 26.9 Å². The number of nitrogens with zero attached hydrogens (tertiary/aromatic N) is 1. The summed E-state index contributed by atoms with van der Waals surface area (Å²) >= 11 is 0. The Morgan fingerprint density at radius 2 is 2.05 bits per heavy atom. The van der Waals surface area contributed by atoms with E-state index < -0.39 is 10.0 Å². The second-order valence-electron chi connectivity index (χ2n) is 4.57. The van der Waals surface area contributed by atoms with Crippen LogP contribution in [0.1, 0.15) is 26.3 Å². The normalized spacial score (nSPS) is 12.7. The fraction of sp³-hybridized carbons (Fsp3) is 0.462. The summed E-state index contributed by atoms with van der Waals surface area (Å²) in [5, 5.41) is 11.9. The summed E-state index contributed by atoms with van der Waals surface area (Å²) in [6.45, 7) is 5.41. The van der Waals surface area contributed by atoms with Crippen molar-refractivity contribution in [1.82, 2.24) is 0 Å². The van der Waals surface area contributed by atoms with Gasteiger partial charge in [-0.05, 0) is 26.8 Å². The largest absolute Gasteiger partial charge is 0.411 e. The van der Waals surface area contributed by atoms with Crippen molar-refractivity contribution >= 4 is 21.4 Å². The number of ether oxygens (including phenoxy) is 1. The Labute approximate surface area is 119 Å². The number of hydrogen-bond donors (Lipinski definition) is 2. The number of para-hydroxylation sites is 1. The molecule has 0 bridgehead atoms. The van der Waals surface area contributed by atoms with E-state index in [2.05, 4.69) is 9.88 Å². The molecule has 0 saturated heterocycles. The number of hydrogen-bond acceptors (Lipinski definition) is 5. The first-order chi connectivity index (χ1) is 9.35. The average Bonchev–Trinajstić information content (AvgIpc) is 2.37. The number of rotatable bonds is 7. The number of oxime groups is 1. The van der Waals surface area contributed by atoms with E-state index in [4.69, 9.17) is 9.94 Å². The van der Waals surface area contributed by atoms with Crippen LogP contribution < -0.4 is 4.72 Å². The minimum Gasteiger partial charge on any atom is -0.411 e. The van der Waals surface area contributed by atoms with Gasteiger partial charge in [0, 0.05) is 5.56 Å². The SMILES string of the molecule is CC(=NO)c1ccccc1NS(=O)(=O)CCOC(C)C. The smallest absolute Gasteiger partial charge is 0.235 e. The van der Waals surface area contributed by atoms with Crippen LogP contribution >= 0.6 is 0 Å². The molecule has 1 rings (SSSR count). The van der Waals surface area contributed by atoms with Gasteiger partial charge in [-0.3, -0.25) is 4.72 Å². The number of anilines is 1. The summed E-state index contributed by atoms with van der Waals surface area (Å²) in [6.07, 6.45) is -0.0127. The fourth-order valence-electron chi connectivity index (χ4n) is 1.55. The van der Waals surface area contributed by atoms with Gasteiger partial charge in [0.05, 0.1) is 29.9 Å². The van der Waals surface area contributed by atoms with Crippen molar-refractivity contribution in [2.24, 2.45) is 5.16 Å². The second kappa shape index (κ2) is 7.25. The van der Waals surface area contributed by atoms with Gasteiger partial charge in [-0.1, -0.05) is 23.4 Å². The zero-order valence-corrected chi connectivity index (χ0v) is 12.6. The molecular formula is C13H20N2O4S. The highest BCUT2D eigenvalue weighted by Crippen LogP contribution is 2.17. The van der Waals surface area contributed by atoms with Crippen LogP contribution in [0.2, 0.25) is 0 Å². The van der Waals surface area contributed by atoms with E-state index >= 15 is 0 Å². The van der Waals surface area contributed by atoms with Gasteiger partial charge >= 0.3 is 0 Å². The molecule has 0 unspecified atom stereocenters. The van der Waals surface area contributed by atoms with Crippen molar-refractivity contribution in [3.05, 3.63) is 29.8 Å². The zero-order valence-electron chi connectivity index (χ0n) is 11.8. The van der Waals surface area contributed by atoms with E-state index in [1.165, 1.54) is 0 Å². The van der Waals surface area contributed by atoms with Crippen LogP contribution in [0.5, 0.6) is 0 Å². The van der Waals surface area contributed by atoms with Gasteiger partial charge in [0.1, 0.15) is 0 Å². The molecule has 0 radical (unpaired) electrons. The maximum atomic E-state index is 12.0. The molecule has 0 fully saturated rings. The minimum absolute atomic E-state index is 0.0127. The van der Waals surface area contributed by atoms with Crippen molar-refractivity contribution in [2.75, 3.05) is 17.1 Å². The Balaban J connectivity index is 2.82. The van der Waals surface area contributed by atoms with Crippen LogP contribution in [0, 0.1) is 0 Å². The quantitative estimate of drug-likeness (QED) is 0.458. The molecule has 0 saturated carbocycles. The maximum Gasteiger partial charge on any atom is 0.235 e. The molecule has 0 aliphatic rings. The molecular weight excluding hydrogens is 280 g/mol. The van der Waals surface area contributed by atoms with Crippen molar-refractivity contribution in [1.29, 1.82) is 0 Å².